The molecule has 126 valence electrons. The van der Waals surface area contributed by atoms with Gasteiger partial charge in [-0.3, -0.25) is 19.3 Å². The Morgan fingerprint density at radius 2 is 1.76 bits per heavy atom. The lowest BCUT2D eigenvalue weighted by Crippen LogP contribution is -2.29. The number of carbonyl (C=O) groups excluding carboxylic acids is 3. The number of halogens is 1. The quantitative estimate of drug-likeness (QED) is 0.673. The van der Waals surface area contributed by atoms with E-state index in [1.165, 1.54) is 36.4 Å². The summed E-state index contributed by atoms with van der Waals surface area (Å²) >= 11 is 0. The minimum atomic E-state index is -0.437. The Morgan fingerprint density at radius 3 is 2.44 bits per heavy atom. The first-order valence-corrected chi connectivity index (χ1v) is 7.65. The van der Waals surface area contributed by atoms with Crippen LogP contribution in [0.25, 0.3) is 0 Å². The van der Waals surface area contributed by atoms with Crippen molar-refractivity contribution in [1.82, 2.24) is 10.2 Å². The van der Waals surface area contributed by atoms with Crippen LogP contribution in [0.15, 0.2) is 55.1 Å². The number of hydrogen-bond acceptors (Lipinski definition) is 3. The van der Waals surface area contributed by atoms with E-state index in [9.17, 15) is 18.8 Å². The highest BCUT2D eigenvalue weighted by Gasteiger charge is 2.35. The minimum absolute atomic E-state index is 0.123. The SMILES string of the molecule is C=CCN1C(=O)c2ccc(C(=O)NCc3ccc(F)cc3)cc2C1=O. The van der Waals surface area contributed by atoms with E-state index in [0.29, 0.717) is 0 Å². The summed E-state index contributed by atoms with van der Waals surface area (Å²) in [5.74, 6) is -1.55. The molecule has 0 spiro atoms. The average molecular weight is 338 g/mol. The molecule has 2 aromatic carbocycles. The number of imide groups is 1. The van der Waals surface area contributed by atoms with Gasteiger partial charge in [0.2, 0.25) is 0 Å². The summed E-state index contributed by atoms with van der Waals surface area (Å²) in [6.07, 6.45) is 1.47. The van der Waals surface area contributed by atoms with Crippen LogP contribution in [0.3, 0.4) is 0 Å². The molecule has 3 rings (SSSR count). The highest BCUT2D eigenvalue weighted by atomic mass is 19.1. The fourth-order valence-corrected chi connectivity index (χ4v) is 2.61. The molecule has 0 saturated heterocycles. The van der Waals surface area contributed by atoms with Crippen LogP contribution in [0.5, 0.6) is 0 Å². The van der Waals surface area contributed by atoms with Crippen molar-refractivity contribution < 1.29 is 18.8 Å². The zero-order valence-electron chi connectivity index (χ0n) is 13.3. The van der Waals surface area contributed by atoms with E-state index in [4.69, 9.17) is 0 Å². The van der Waals surface area contributed by atoms with Crippen LogP contribution in [0.4, 0.5) is 4.39 Å². The predicted octanol–water partition coefficient (Wildman–Crippen LogP) is 2.54. The van der Waals surface area contributed by atoms with Crippen molar-refractivity contribution in [3.05, 3.63) is 83.2 Å². The van der Waals surface area contributed by atoms with Gasteiger partial charge in [-0.25, -0.2) is 4.39 Å². The fraction of sp³-hybridized carbons (Fsp3) is 0.105. The maximum absolute atomic E-state index is 12.9. The van der Waals surface area contributed by atoms with Gasteiger partial charge in [-0.1, -0.05) is 18.2 Å². The van der Waals surface area contributed by atoms with Crippen LogP contribution in [0.1, 0.15) is 36.6 Å². The number of carbonyl (C=O) groups is 3. The molecular weight excluding hydrogens is 323 g/mol. The first-order chi connectivity index (χ1) is 12.0. The lowest BCUT2D eigenvalue weighted by molar-refractivity contribution is 0.0672. The highest BCUT2D eigenvalue weighted by Crippen LogP contribution is 2.24. The van der Waals surface area contributed by atoms with Gasteiger partial charge in [-0.2, -0.15) is 0 Å². The topological polar surface area (TPSA) is 66.5 Å². The number of rotatable bonds is 5. The smallest absolute Gasteiger partial charge is 0.261 e. The zero-order valence-corrected chi connectivity index (χ0v) is 13.3. The number of amides is 3. The second kappa shape index (κ2) is 6.68. The Labute approximate surface area is 143 Å². The molecule has 0 radical (unpaired) electrons. The summed E-state index contributed by atoms with van der Waals surface area (Å²) in [4.78, 5) is 37.8. The molecule has 1 N–H and O–H groups in total. The van der Waals surface area contributed by atoms with Gasteiger partial charge in [0.25, 0.3) is 17.7 Å². The Morgan fingerprint density at radius 1 is 1.08 bits per heavy atom. The minimum Gasteiger partial charge on any atom is -0.348 e. The van der Waals surface area contributed by atoms with Gasteiger partial charge in [-0.15, -0.1) is 6.58 Å². The number of benzene rings is 2. The van der Waals surface area contributed by atoms with E-state index in [1.807, 2.05) is 0 Å². The van der Waals surface area contributed by atoms with Crippen molar-refractivity contribution in [1.29, 1.82) is 0 Å². The lowest BCUT2D eigenvalue weighted by Gasteiger charge is -2.09. The molecule has 1 aliphatic heterocycles. The highest BCUT2D eigenvalue weighted by molar-refractivity contribution is 6.22. The van der Waals surface area contributed by atoms with Gasteiger partial charge in [0.1, 0.15) is 5.82 Å². The zero-order chi connectivity index (χ0) is 18.0. The fourth-order valence-electron chi connectivity index (χ4n) is 2.61. The average Bonchev–Trinajstić information content (AvgIpc) is 2.86. The predicted molar refractivity (Wildman–Crippen MR) is 89.6 cm³/mol. The van der Waals surface area contributed by atoms with Crippen molar-refractivity contribution >= 4 is 17.7 Å². The Balaban J connectivity index is 1.75. The Hall–Kier alpha value is -3.28. The summed E-state index contributed by atoms with van der Waals surface area (Å²) in [5.41, 5.74) is 1.52. The monoisotopic (exact) mass is 338 g/mol. The van der Waals surface area contributed by atoms with Gasteiger partial charge < -0.3 is 5.32 Å². The van der Waals surface area contributed by atoms with Crippen LogP contribution in [-0.2, 0) is 6.54 Å². The van der Waals surface area contributed by atoms with E-state index >= 15 is 0 Å². The Kier molecular flexibility index (Phi) is 4.43. The van der Waals surface area contributed by atoms with Crippen LogP contribution >= 0.6 is 0 Å². The lowest BCUT2D eigenvalue weighted by atomic mass is 10.1. The van der Waals surface area contributed by atoms with Gasteiger partial charge in [0.15, 0.2) is 0 Å². The van der Waals surface area contributed by atoms with Gasteiger partial charge in [-0.05, 0) is 35.9 Å². The van der Waals surface area contributed by atoms with E-state index in [0.717, 1.165) is 10.5 Å². The van der Waals surface area contributed by atoms with Gasteiger partial charge >= 0.3 is 0 Å². The molecular formula is C19H15FN2O3. The van der Waals surface area contributed by atoms with Crippen molar-refractivity contribution in [3.63, 3.8) is 0 Å². The van der Waals surface area contributed by atoms with Crippen LogP contribution < -0.4 is 5.32 Å². The van der Waals surface area contributed by atoms with Crippen molar-refractivity contribution in [2.75, 3.05) is 6.54 Å². The van der Waals surface area contributed by atoms with Crippen LogP contribution in [0.2, 0.25) is 0 Å². The molecule has 1 aliphatic rings. The largest absolute Gasteiger partial charge is 0.348 e. The van der Waals surface area contributed by atoms with E-state index < -0.39 is 11.8 Å². The molecule has 2 aromatic rings. The molecule has 0 aromatic heterocycles. The standard InChI is InChI=1S/C19H15FN2O3/c1-2-9-22-18(24)15-8-5-13(10-16(15)19(22)25)17(23)21-11-12-3-6-14(20)7-4-12/h2-8,10H,1,9,11H2,(H,21,23). The molecule has 6 heteroatoms. The summed E-state index contributed by atoms with van der Waals surface area (Å²) in [5, 5.41) is 2.70. The van der Waals surface area contributed by atoms with Crippen molar-refractivity contribution in [2.45, 2.75) is 6.54 Å². The molecule has 3 amide bonds. The second-order valence-corrected chi connectivity index (χ2v) is 5.58. The summed E-state index contributed by atoms with van der Waals surface area (Å²) < 4.78 is 12.9. The molecule has 0 atom stereocenters. The molecule has 0 aliphatic carbocycles. The van der Waals surface area contributed by atoms with Crippen LogP contribution in [-0.4, -0.2) is 29.2 Å². The maximum Gasteiger partial charge on any atom is 0.261 e. The number of nitrogens with zero attached hydrogens (tertiary/aromatic N) is 1. The third-order valence-corrected chi connectivity index (χ3v) is 3.91. The number of fused-ring (bicyclic) bond motifs is 1. The summed E-state index contributed by atoms with van der Waals surface area (Å²) in [6.45, 7) is 3.88. The molecule has 0 fully saturated rings. The molecule has 0 saturated carbocycles. The molecule has 25 heavy (non-hydrogen) atoms. The normalized spacial score (nSPS) is 12.9. The maximum atomic E-state index is 12.9. The molecule has 5 nitrogen and oxygen atoms in total. The first-order valence-electron chi connectivity index (χ1n) is 7.65. The summed E-state index contributed by atoms with van der Waals surface area (Å²) in [7, 11) is 0. The third-order valence-electron chi connectivity index (χ3n) is 3.91. The molecule has 0 bridgehead atoms. The summed E-state index contributed by atoms with van der Waals surface area (Å²) in [6, 6.07) is 10.2. The third kappa shape index (κ3) is 3.19. The Bertz CT molecular complexity index is 875. The molecule has 0 unspecified atom stereocenters. The number of hydrogen-bond donors (Lipinski definition) is 1. The van der Waals surface area contributed by atoms with Crippen LogP contribution in [0, 0.1) is 5.82 Å². The van der Waals surface area contributed by atoms with E-state index in [2.05, 4.69) is 11.9 Å². The van der Waals surface area contributed by atoms with Gasteiger partial charge in [0, 0.05) is 18.7 Å². The number of nitrogens with one attached hydrogen (secondary N) is 1. The van der Waals surface area contributed by atoms with E-state index in [-0.39, 0.29) is 41.5 Å². The van der Waals surface area contributed by atoms with E-state index in [1.54, 1.807) is 12.1 Å². The van der Waals surface area contributed by atoms with Crippen molar-refractivity contribution in [3.8, 4) is 0 Å². The first kappa shape index (κ1) is 16.6. The second-order valence-electron chi connectivity index (χ2n) is 5.58. The molecule has 1 heterocycles. The van der Waals surface area contributed by atoms with Crippen molar-refractivity contribution in [2.24, 2.45) is 0 Å². The van der Waals surface area contributed by atoms with Gasteiger partial charge in [0.05, 0.1) is 11.1 Å².